The van der Waals surface area contributed by atoms with Crippen LogP contribution < -0.4 is 5.56 Å². The van der Waals surface area contributed by atoms with Gasteiger partial charge < -0.3 is 4.90 Å². The van der Waals surface area contributed by atoms with Gasteiger partial charge in [-0.2, -0.15) is 9.40 Å². The number of aromatic nitrogens is 2. The lowest BCUT2D eigenvalue weighted by molar-refractivity contribution is -0.384. The van der Waals surface area contributed by atoms with E-state index >= 15 is 0 Å². The molecule has 0 radical (unpaired) electrons. The predicted molar refractivity (Wildman–Crippen MR) is 92.6 cm³/mol. The summed E-state index contributed by atoms with van der Waals surface area (Å²) in [4.78, 5) is 34.8. The highest BCUT2D eigenvalue weighted by molar-refractivity contribution is 7.89. The van der Waals surface area contributed by atoms with E-state index in [-0.39, 0.29) is 42.5 Å². The standard InChI is InChI=1S/C15H15N5O6S/c21-14-6-5-13(16-17-14)15(22)18-7-9-19(10-8-18)27(25,26)12-3-1-11(2-4-12)20(23)24/h1-6H,7-10H2,(H,17,21). The van der Waals surface area contributed by atoms with Crippen LogP contribution in [0.25, 0.3) is 0 Å². The van der Waals surface area contributed by atoms with Gasteiger partial charge in [0.05, 0.1) is 9.82 Å². The molecule has 1 aliphatic rings. The highest BCUT2D eigenvalue weighted by atomic mass is 32.2. The van der Waals surface area contributed by atoms with Gasteiger partial charge in [0.2, 0.25) is 10.0 Å². The van der Waals surface area contributed by atoms with E-state index in [0.717, 1.165) is 12.1 Å². The molecule has 27 heavy (non-hydrogen) atoms. The van der Waals surface area contributed by atoms with Gasteiger partial charge in [0.1, 0.15) is 5.69 Å². The van der Waals surface area contributed by atoms with E-state index in [4.69, 9.17) is 0 Å². The lowest BCUT2D eigenvalue weighted by Crippen LogP contribution is -2.50. The van der Waals surface area contributed by atoms with Crippen LogP contribution in [0.4, 0.5) is 5.69 Å². The van der Waals surface area contributed by atoms with Crippen molar-refractivity contribution in [3.05, 3.63) is 62.6 Å². The molecule has 142 valence electrons. The molecule has 0 spiro atoms. The van der Waals surface area contributed by atoms with E-state index in [0.29, 0.717) is 0 Å². The average Bonchev–Trinajstić information content (AvgIpc) is 2.68. The van der Waals surface area contributed by atoms with E-state index < -0.39 is 26.4 Å². The number of H-pyrrole nitrogens is 1. The minimum Gasteiger partial charge on any atom is -0.335 e. The number of nitro groups is 1. The molecule has 3 rings (SSSR count). The third-order valence-electron chi connectivity index (χ3n) is 4.11. The first-order valence-electron chi connectivity index (χ1n) is 7.88. The molecule has 0 aliphatic carbocycles. The van der Waals surface area contributed by atoms with Crippen LogP contribution in [-0.4, -0.2) is 64.8 Å². The summed E-state index contributed by atoms with van der Waals surface area (Å²) < 4.78 is 26.5. The summed E-state index contributed by atoms with van der Waals surface area (Å²) in [6, 6.07) is 7.14. The number of hydrogen-bond donors (Lipinski definition) is 1. The number of carbonyl (C=O) groups is 1. The van der Waals surface area contributed by atoms with Gasteiger partial charge >= 0.3 is 0 Å². The van der Waals surface area contributed by atoms with E-state index in [1.807, 2.05) is 0 Å². The van der Waals surface area contributed by atoms with Gasteiger partial charge in [0, 0.05) is 44.4 Å². The molecule has 0 bridgehead atoms. The van der Waals surface area contributed by atoms with Crippen LogP contribution in [0.15, 0.2) is 46.1 Å². The second-order valence-corrected chi connectivity index (χ2v) is 7.69. The van der Waals surface area contributed by atoms with Gasteiger partial charge in [-0.05, 0) is 18.2 Å². The summed E-state index contributed by atoms with van der Waals surface area (Å²) in [5.74, 6) is -0.404. The molecule has 1 saturated heterocycles. The molecule has 12 heteroatoms. The zero-order chi connectivity index (χ0) is 19.6. The van der Waals surface area contributed by atoms with Crippen LogP contribution in [0.5, 0.6) is 0 Å². The Bertz CT molecular complexity index is 1000. The molecule has 0 unspecified atom stereocenters. The smallest absolute Gasteiger partial charge is 0.274 e. The number of rotatable bonds is 4. The molecular formula is C15H15N5O6S. The number of nitrogens with zero attached hydrogens (tertiary/aromatic N) is 4. The van der Waals surface area contributed by atoms with Crippen molar-refractivity contribution in [1.82, 2.24) is 19.4 Å². The lowest BCUT2D eigenvalue weighted by Gasteiger charge is -2.33. The first-order chi connectivity index (χ1) is 12.8. The summed E-state index contributed by atoms with van der Waals surface area (Å²) in [5, 5.41) is 16.5. The minimum atomic E-state index is -3.81. The molecule has 11 nitrogen and oxygen atoms in total. The topological polar surface area (TPSA) is 147 Å². The number of sulfonamides is 1. The molecule has 1 aromatic heterocycles. The maximum atomic E-state index is 12.7. The Hall–Kier alpha value is -3.12. The Kier molecular flexibility index (Phi) is 5.01. The van der Waals surface area contributed by atoms with Crippen molar-refractivity contribution in [1.29, 1.82) is 0 Å². The van der Waals surface area contributed by atoms with E-state index in [2.05, 4.69) is 10.2 Å². The zero-order valence-corrected chi connectivity index (χ0v) is 14.8. The first kappa shape index (κ1) is 18.7. The Morgan fingerprint density at radius 1 is 1.07 bits per heavy atom. The normalized spacial score (nSPS) is 15.5. The molecule has 0 saturated carbocycles. The Labute approximate surface area is 153 Å². The summed E-state index contributed by atoms with van der Waals surface area (Å²) in [6.07, 6.45) is 0. The van der Waals surface area contributed by atoms with Gasteiger partial charge in [-0.15, -0.1) is 0 Å². The van der Waals surface area contributed by atoms with Crippen molar-refractivity contribution in [3.63, 3.8) is 0 Å². The van der Waals surface area contributed by atoms with Gasteiger partial charge in [0.15, 0.2) is 0 Å². The maximum Gasteiger partial charge on any atom is 0.274 e. The van der Waals surface area contributed by atoms with Gasteiger partial charge in [-0.1, -0.05) is 0 Å². The number of hydrogen-bond acceptors (Lipinski definition) is 7. The second kappa shape index (κ2) is 7.25. The fraction of sp³-hybridized carbons (Fsp3) is 0.267. The highest BCUT2D eigenvalue weighted by Gasteiger charge is 2.31. The average molecular weight is 393 g/mol. The Morgan fingerprint density at radius 2 is 1.70 bits per heavy atom. The number of carbonyl (C=O) groups excluding carboxylic acids is 1. The van der Waals surface area contributed by atoms with E-state index in [1.165, 1.54) is 33.5 Å². The molecule has 1 N–H and O–H groups in total. The predicted octanol–water partition coefficient (Wildman–Crippen LogP) is -0.175. The van der Waals surface area contributed by atoms with Crippen molar-refractivity contribution in [2.24, 2.45) is 0 Å². The largest absolute Gasteiger partial charge is 0.335 e. The number of aromatic amines is 1. The van der Waals surface area contributed by atoms with Crippen molar-refractivity contribution in [2.45, 2.75) is 4.90 Å². The SMILES string of the molecule is O=C(c1ccc(=O)[nH]n1)N1CCN(S(=O)(=O)c2ccc([N+](=O)[O-])cc2)CC1. The molecule has 1 aromatic carbocycles. The minimum absolute atomic E-state index is 0.0461. The van der Waals surface area contributed by atoms with Crippen molar-refractivity contribution in [2.75, 3.05) is 26.2 Å². The van der Waals surface area contributed by atoms with Gasteiger partial charge in [0.25, 0.3) is 17.2 Å². The van der Waals surface area contributed by atoms with Crippen LogP contribution in [0.2, 0.25) is 0 Å². The summed E-state index contributed by atoms with van der Waals surface area (Å²) in [6.45, 7) is 0.473. The third kappa shape index (κ3) is 3.85. The van der Waals surface area contributed by atoms with Crippen LogP contribution in [0.3, 0.4) is 0 Å². The van der Waals surface area contributed by atoms with E-state index in [9.17, 15) is 28.1 Å². The third-order valence-corrected chi connectivity index (χ3v) is 6.02. The quantitative estimate of drug-likeness (QED) is 0.560. The number of nitro benzene ring substituents is 1. The van der Waals surface area contributed by atoms with Crippen molar-refractivity contribution < 1.29 is 18.1 Å². The number of amides is 1. The molecule has 0 atom stereocenters. The fourth-order valence-corrected chi connectivity index (χ4v) is 4.07. The van der Waals surface area contributed by atoms with Crippen molar-refractivity contribution in [3.8, 4) is 0 Å². The molecule has 1 fully saturated rings. The summed E-state index contributed by atoms with van der Waals surface area (Å²) >= 11 is 0. The number of piperazine rings is 1. The van der Waals surface area contributed by atoms with Gasteiger partial charge in [-0.25, -0.2) is 13.5 Å². The summed E-state index contributed by atoms with van der Waals surface area (Å²) in [7, 11) is -3.81. The molecular weight excluding hydrogens is 378 g/mol. The molecule has 1 aliphatic heterocycles. The molecule has 2 heterocycles. The number of benzene rings is 1. The zero-order valence-electron chi connectivity index (χ0n) is 13.9. The fourth-order valence-electron chi connectivity index (χ4n) is 2.65. The van der Waals surface area contributed by atoms with Crippen LogP contribution in [0, 0.1) is 10.1 Å². The Balaban J connectivity index is 1.69. The van der Waals surface area contributed by atoms with Gasteiger partial charge in [-0.3, -0.25) is 19.7 Å². The van der Waals surface area contributed by atoms with Crippen LogP contribution in [-0.2, 0) is 10.0 Å². The molecule has 2 aromatic rings. The summed E-state index contributed by atoms with van der Waals surface area (Å²) in [5.41, 5.74) is -0.551. The van der Waals surface area contributed by atoms with Crippen LogP contribution >= 0.6 is 0 Å². The van der Waals surface area contributed by atoms with Crippen LogP contribution in [0.1, 0.15) is 10.5 Å². The highest BCUT2D eigenvalue weighted by Crippen LogP contribution is 2.21. The monoisotopic (exact) mass is 393 g/mol. The second-order valence-electron chi connectivity index (χ2n) is 5.75. The first-order valence-corrected chi connectivity index (χ1v) is 9.32. The lowest BCUT2D eigenvalue weighted by atomic mass is 10.3. The van der Waals surface area contributed by atoms with Crippen molar-refractivity contribution >= 4 is 21.6 Å². The number of nitrogens with one attached hydrogen (secondary N) is 1. The van der Waals surface area contributed by atoms with E-state index in [1.54, 1.807) is 0 Å². The number of non-ortho nitro benzene ring substituents is 1. The Morgan fingerprint density at radius 3 is 2.22 bits per heavy atom. The molecule has 1 amide bonds. The maximum absolute atomic E-state index is 12.7.